The van der Waals surface area contributed by atoms with Crippen LogP contribution in [0.25, 0.3) is 0 Å². The number of benzene rings is 1. The Hall–Kier alpha value is -1.29. The van der Waals surface area contributed by atoms with Crippen molar-refractivity contribution in [2.24, 2.45) is 0 Å². The molecule has 0 aliphatic carbocycles. The lowest BCUT2D eigenvalue weighted by Crippen LogP contribution is -2.03. The molecule has 1 N–H and O–H groups in total. The van der Waals surface area contributed by atoms with E-state index >= 15 is 0 Å². The first-order chi connectivity index (χ1) is 6.25. The van der Waals surface area contributed by atoms with Crippen LogP contribution in [0.15, 0.2) is 18.2 Å². The molecule has 1 fully saturated rings. The van der Waals surface area contributed by atoms with Crippen molar-refractivity contribution in [3.05, 3.63) is 24.0 Å². The quantitative estimate of drug-likeness (QED) is 0.720. The Balaban J connectivity index is 1.98. The van der Waals surface area contributed by atoms with E-state index in [9.17, 15) is 4.39 Å². The molecular formula is C9H9FO3. The van der Waals surface area contributed by atoms with Crippen LogP contribution in [0.5, 0.6) is 11.5 Å². The Morgan fingerprint density at radius 3 is 3.00 bits per heavy atom. The molecule has 0 radical (unpaired) electrons. The molecule has 2 rings (SSSR count). The predicted octanol–water partition coefficient (Wildman–Crippen LogP) is 1.31. The molecule has 1 heterocycles. The fraction of sp³-hybridized carbons (Fsp3) is 0.333. The van der Waals surface area contributed by atoms with E-state index in [4.69, 9.17) is 14.6 Å². The second-order valence-electron chi connectivity index (χ2n) is 2.88. The third-order valence-electron chi connectivity index (χ3n) is 1.76. The van der Waals surface area contributed by atoms with Gasteiger partial charge in [-0.1, -0.05) is 0 Å². The standard InChI is InChI=1S/C9H9FO3/c10-8-3-6(1-2-9(8)11)12-4-7-5-13-7/h1-3,7,11H,4-5H2. The minimum Gasteiger partial charge on any atom is -0.505 e. The monoisotopic (exact) mass is 184 g/mol. The van der Waals surface area contributed by atoms with Crippen LogP contribution in [0, 0.1) is 5.82 Å². The van der Waals surface area contributed by atoms with Crippen molar-refractivity contribution in [2.75, 3.05) is 13.2 Å². The van der Waals surface area contributed by atoms with Gasteiger partial charge < -0.3 is 14.6 Å². The van der Waals surface area contributed by atoms with Crippen LogP contribution in [-0.4, -0.2) is 24.4 Å². The maximum Gasteiger partial charge on any atom is 0.168 e. The third kappa shape index (κ3) is 2.09. The lowest BCUT2D eigenvalue weighted by Gasteiger charge is -2.04. The molecule has 0 aromatic heterocycles. The Morgan fingerprint density at radius 1 is 1.62 bits per heavy atom. The first-order valence-electron chi connectivity index (χ1n) is 3.98. The van der Waals surface area contributed by atoms with Gasteiger partial charge in [0, 0.05) is 6.07 Å². The highest BCUT2D eigenvalue weighted by atomic mass is 19.1. The van der Waals surface area contributed by atoms with Crippen LogP contribution in [0.2, 0.25) is 0 Å². The summed E-state index contributed by atoms with van der Waals surface area (Å²) in [6, 6.07) is 3.93. The van der Waals surface area contributed by atoms with Gasteiger partial charge in [0.05, 0.1) is 6.61 Å². The Bertz CT molecular complexity index is 310. The molecule has 3 nitrogen and oxygen atoms in total. The van der Waals surface area contributed by atoms with Gasteiger partial charge in [0.25, 0.3) is 0 Å². The largest absolute Gasteiger partial charge is 0.505 e. The second-order valence-corrected chi connectivity index (χ2v) is 2.88. The minimum absolute atomic E-state index is 0.150. The summed E-state index contributed by atoms with van der Waals surface area (Å²) in [7, 11) is 0. The molecule has 0 amide bonds. The molecule has 1 aromatic carbocycles. The summed E-state index contributed by atoms with van der Waals surface area (Å²) in [5, 5.41) is 8.88. The van der Waals surface area contributed by atoms with Crippen molar-refractivity contribution >= 4 is 0 Å². The van der Waals surface area contributed by atoms with E-state index in [-0.39, 0.29) is 11.9 Å². The normalized spacial score (nSPS) is 19.9. The molecule has 0 saturated carbocycles. The molecule has 0 bridgehead atoms. The fourth-order valence-corrected chi connectivity index (χ4v) is 0.931. The van der Waals surface area contributed by atoms with Gasteiger partial charge in [0.15, 0.2) is 11.6 Å². The summed E-state index contributed by atoms with van der Waals surface area (Å²) in [4.78, 5) is 0. The average Bonchev–Trinajstić information content (AvgIpc) is 2.91. The first kappa shape index (κ1) is 8.31. The molecule has 1 aromatic rings. The van der Waals surface area contributed by atoms with Gasteiger partial charge in [-0.05, 0) is 12.1 Å². The predicted molar refractivity (Wildman–Crippen MR) is 43.3 cm³/mol. The molecule has 0 spiro atoms. The SMILES string of the molecule is Oc1ccc(OCC2CO2)cc1F. The molecule has 13 heavy (non-hydrogen) atoms. The Labute approximate surface area is 74.7 Å². The smallest absolute Gasteiger partial charge is 0.168 e. The van der Waals surface area contributed by atoms with E-state index in [1.807, 2.05) is 0 Å². The van der Waals surface area contributed by atoms with Crippen molar-refractivity contribution in [3.63, 3.8) is 0 Å². The zero-order valence-electron chi connectivity index (χ0n) is 6.87. The van der Waals surface area contributed by atoms with Crippen LogP contribution in [0.4, 0.5) is 4.39 Å². The lowest BCUT2D eigenvalue weighted by atomic mass is 10.3. The summed E-state index contributed by atoms with van der Waals surface area (Å²) in [6.07, 6.45) is 0.150. The maximum atomic E-state index is 12.8. The second kappa shape index (κ2) is 3.22. The molecule has 1 aliphatic rings. The van der Waals surface area contributed by atoms with Crippen LogP contribution in [0.1, 0.15) is 0 Å². The maximum absolute atomic E-state index is 12.8. The number of hydrogen-bond donors (Lipinski definition) is 1. The van der Waals surface area contributed by atoms with Crippen molar-refractivity contribution in [3.8, 4) is 11.5 Å². The van der Waals surface area contributed by atoms with Gasteiger partial charge in [0.1, 0.15) is 18.5 Å². The summed E-state index contributed by atoms with van der Waals surface area (Å²) >= 11 is 0. The number of rotatable bonds is 3. The van der Waals surface area contributed by atoms with E-state index < -0.39 is 5.82 Å². The van der Waals surface area contributed by atoms with E-state index in [0.29, 0.717) is 19.0 Å². The van der Waals surface area contributed by atoms with E-state index in [0.717, 1.165) is 6.07 Å². The number of phenolic OH excluding ortho intramolecular Hbond substituents is 1. The topological polar surface area (TPSA) is 42.0 Å². The van der Waals surface area contributed by atoms with Crippen LogP contribution in [-0.2, 0) is 4.74 Å². The Kier molecular flexibility index (Phi) is 2.06. The van der Waals surface area contributed by atoms with Crippen molar-refractivity contribution in [1.29, 1.82) is 0 Å². The van der Waals surface area contributed by atoms with Gasteiger partial charge in [0.2, 0.25) is 0 Å². The van der Waals surface area contributed by atoms with Crippen molar-refractivity contribution in [1.82, 2.24) is 0 Å². The fourth-order valence-electron chi connectivity index (χ4n) is 0.931. The van der Waals surface area contributed by atoms with Crippen LogP contribution < -0.4 is 4.74 Å². The lowest BCUT2D eigenvalue weighted by molar-refractivity contribution is 0.261. The highest BCUT2D eigenvalue weighted by molar-refractivity contribution is 5.31. The summed E-state index contributed by atoms with van der Waals surface area (Å²) in [5.74, 6) is -0.630. The molecule has 1 atom stereocenters. The van der Waals surface area contributed by atoms with Gasteiger partial charge in [-0.3, -0.25) is 0 Å². The molecule has 1 aliphatic heterocycles. The highest BCUT2D eigenvalue weighted by Crippen LogP contribution is 2.22. The van der Waals surface area contributed by atoms with Gasteiger partial charge in [-0.15, -0.1) is 0 Å². The number of halogens is 1. The van der Waals surface area contributed by atoms with Crippen molar-refractivity contribution < 1.29 is 19.0 Å². The first-order valence-corrected chi connectivity index (χ1v) is 3.98. The van der Waals surface area contributed by atoms with Crippen LogP contribution >= 0.6 is 0 Å². The zero-order chi connectivity index (χ0) is 9.26. The number of ether oxygens (including phenoxy) is 2. The van der Waals surface area contributed by atoms with E-state index in [1.165, 1.54) is 12.1 Å². The number of aromatic hydroxyl groups is 1. The molecule has 1 saturated heterocycles. The van der Waals surface area contributed by atoms with Crippen LogP contribution in [0.3, 0.4) is 0 Å². The highest BCUT2D eigenvalue weighted by Gasteiger charge is 2.23. The van der Waals surface area contributed by atoms with E-state index in [2.05, 4.69) is 0 Å². The van der Waals surface area contributed by atoms with E-state index in [1.54, 1.807) is 0 Å². The Morgan fingerprint density at radius 2 is 2.38 bits per heavy atom. The van der Waals surface area contributed by atoms with Gasteiger partial charge >= 0.3 is 0 Å². The molecular weight excluding hydrogens is 175 g/mol. The molecule has 1 unspecified atom stereocenters. The molecule has 4 heteroatoms. The summed E-state index contributed by atoms with van der Waals surface area (Å²) in [6.45, 7) is 1.14. The third-order valence-corrected chi connectivity index (χ3v) is 1.76. The summed E-state index contributed by atoms with van der Waals surface area (Å²) < 4.78 is 22.9. The molecule has 70 valence electrons. The van der Waals surface area contributed by atoms with Gasteiger partial charge in [-0.25, -0.2) is 4.39 Å². The average molecular weight is 184 g/mol. The summed E-state index contributed by atoms with van der Waals surface area (Å²) in [5.41, 5.74) is 0. The number of epoxide rings is 1. The number of hydrogen-bond acceptors (Lipinski definition) is 3. The zero-order valence-corrected chi connectivity index (χ0v) is 6.87. The van der Waals surface area contributed by atoms with Gasteiger partial charge in [-0.2, -0.15) is 0 Å². The van der Waals surface area contributed by atoms with Crippen molar-refractivity contribution in [2.45, 2.75) is 6.10 Å². The minimum atomic E-state index is -0.672. The number of phenols is 1.